The molecule has 0 saturated carbocycles. The molecule has 1 N–H and O–H groups in total. The van der Waals surface area contributed by atoms with Gasteiger partial charge in [-0.3, -0.25) is 9.59 Å². The number of aldehydes is 1. The molecule has 2 heterocycles. The van der Waals surface area contributed by atoms with Crippen molar-refractivity contribution in [3.05, 3.63) is 45.2 Å². The summed E-state index contributed by atoms with van der Waals surface area (Å²) < 4.78 is 5.27. The first-order valence-corrected chi connectivity index (χ1v) is 5.00. The lowest BCUT2D eigenvalue weighted by Gasteiger charge is -2.03. The highest BCUT2D eigenvalue weighted by molar-refractivity contribution is 5.89. The second-order valence-corrected chi connectivity index (χ2v) is 3.83. The van der Waals surface area contributed by atoms with E-state index in [0.717, 1.165) is 17.2 Å². The van der Waals surface area contributed by atoms with E-state index in [1.54, 1.807) is 12.1 Å². The molecule has 3 rings (SSSR count). The molecule has 80 valence electrons. The predicted molar refractivity (Wildman–Crippen MR) is 58.4 cm³/mol. The predicted octanol–water partition coefficient (Wildman–Crippen LogP) is 1.37. The summed E-state index contributed by atoms with van der Waals surface area (Å²) in [4.78, 5) is 25.1. The van der Waals surface area contributed by atoms with Crippen LogP contribution in [0.25, 0.3) is 10.9 Å². The van der Waals surface area contributed by atoms with Crippen LogP contribution in [-0.2, 0) is 18.0 Å². The minimum Gasteiger partial charge on any atom is -0.372 e. The Hall–Kier alpha value is -1.94. The Balaban J connectivity index is 2.42. The van der Waals surface area contributed by atoms with Gasteiger partial charge in [0.15, 0.2) is 0 Å². The van der Waals surface area contributed by atoms with Crippen molar-refractivity contribution in [2.45, 2.75) is 13.2 Å². The molecular weight excluding hydrogens is 206 g/mol. The molecule has 0 unspecified atom stereocenters. The van der Waals surface area contributed by atoms with Crippen LogP contribution < -0.4 is 5.56 Å². The topological polar surface area (TPSA) is 59.2 Å². The van der Waals surface area contributed by atoms with E-state index >= 15 is 0 Å². The zero-order valence-electron chi connectivity index (χ0n) is 8.45. The van der Waals surface area contributed by atoms with Crippen molar-refractivity contribution in [2.24, 2.45) is 0 Å². The number of hydrogen-bond acceptors (Lipinski definition) is 3. The molecule has 0 bridgehead atoms. The first-order valence-electron chi connectivity index (χ1n) is 5.00. The third-order valence-electron chi connectivity index (χ3n) is 2.88. The van der Waals surface area contributed by atoms with Gasteiger partial charge in [-0.25, -0.2) is 0 Å². The van der Waals surface area contributed by atoms with E-state index in [1.165, 1.54) is 0 Å². The van der Waals surface area contributed by atoms with Gasteiger partial charge in [0, 0.05) is 22.0 Å². The summed E-state index contributed by atoms with van der Waals surface area (Å²) in [6, 6.07) is 5.27. The number of carbonyl (C=O) groups excluding carboxylic acids is 1. The van der Waals surface area contributed by atoms with Crippen LogP contribution in [0.15, 0.2) is 23.0 Å². The summed E-state index contributed by atoms with van der Waals surface area (Å²) in [6.45, 7) is 0.840. The number of ether oxygens (including phenoxy) is 1. The number of rotatable bonds is 1. The molecule has 0 atom stereocenters. The molecule has 0 radical (unpaired) electrons. The second kappa shape index (κ2) is 3.28. The van der Waals surface area contributed by atoms with Gasteiger partial charge in [-0.15, -0.1) is 0 Å². The summed E-state index contributed by atoms with van der Waals surface area (Å²) in [7, 11) is 0. The molecule has 1 aliphatic heterocycles. The molecule has 4 heteroatoms. The average Bonchev–Trinajstić information content (AvgIpc) is 2.78. The lowest BCUT2D eigenvalue weighted by molar-refractivity contribution is 0.112. The lowest BCUT2D eigenvalue weighted by Crippen LogP contribution is -2.12. The standard InChI is InChI=1S/C12H9NO3/c14-4-7-1-2-8-9-5-16-6-10(9)12(15)13-11(8)3-7/h1-4H,5-6H2,(H,13,15). The molecule has 1 aromatic carbocycles. The molecule has 4 nitrogen and oxygen atoms in total. The Morgan fingerprint density at radius 2 is 2.06 bits per heavy atom. The smallest absolute Gasteiger partial charge is 0.254 e. The highest BCUT2D eigenvalue weighted by Crippen LogP contribution is 2.24. The quantitative estimate of drug-likeness (QED) is 0.731. The highest BCUT2D eigenvalue weighted by Gasteiger charge is 2.18. The number of fused-ring (bicyclic) bond motifs is 3. The van der Waals surface area contributed by atoms with Crippen LogP contribution in [0, 0.1) is 0 Å². The molecular formula is C12H9NO3. The minimum atomic E-state index is -0.122. The zero-order chi connectivity index (χ0) is 11.1. The third-order valence-corrected chi connectivity index (χ3v) is 2.88. The van der Waals surface area contributed by atoms with E-state index in [-0.39, 0.29) is 5.56 Å². The van der Waals surface area contributed by atoms with Crippen LogP contribution in [0.5, 0.6) is 0 Å². The summed E-state index contributed by atoms with van der Waals surface area (Å²) in [5.41, 5.74) is 2.77. The van der Waals surface area contributed by atoms with Crippen LogP contribution in [0.3, 0.4) is 0 Å². The van der Waals surface area contributed by atoms with Crippen molar-refractivity contribution in [3.63, 3.8) is 0 Å². The Labute approximate surface area is 90.9 Å². The first kappa shape index (κ1) is 9.30. The molecule has 2 aromatic rings. The maximum atomic E-state index is 11.7. The van der Waals surface area contributed by atoms with Crippen molar-refractivity contribution in [3.8, 4) is 0 Å². The molecule has 0 aliphatic carbocycles. The van der Waals surface area contributed by atoms with Gasteiger partial charge < -0.3 is 9.72 Å². The number of carbonyl (C=O) groups is 1. The minimum absolute atomic E-state index is 0.122. The maximum Gasteiger partial charge on any atom is 0.254 e. The highest BCUT2D eigenvalue weighted by atomic mass is 16.5. The first-order chi connectivity index (χ1) is 7.79. The lowest BCUT2D eigenvalue weighted by atomic mass is 10.0. The zero-order valence-corrected chi connectivity index (χ0v) is 8.45. The molecule has 0 saturated heterocycles. The van der Waals surface area contributed by atoms with Gasteiger partial charge in [-0.1, -0.05) is 12.1 Å². The number of nitrogens with one attached hydrogen (secondary N) is 1. The number of hydrogen-bond donors (Lipinski definition) is 1. The fourth-order valence-electron chi connectivity index (χ4n) is 2.07. The van der Waals surface area contributed by atoms with Gasteiger partial charge in [0.25, 0.3) is 5.56 Å². The van der Waals surface area contributed by atoms with Crippen LogP contribution in [0.2, 0.25) is 0 Å². The van der Waals surface area contributed by atoms with Gasteiger partial charge in [-0.05, 0) is 11.6 Å². The number of benzene rings is 1. The van der Waals surface area contributed by atoms with Gasteiger partial charge in [-0.2, -0.15) is 0 Å². The third kappa shape index (κ3) is 1.20. The van der Waals surface area contributed by atoms with E-state index in [4.69, 9.17) is 4.74 Å². The Bertz CT molecular complexity index is 642. The van der Waals surface area contributed by atoms with Gasteiger partial charge in [0.2, 0.25) is 0 Å². The van der Waals surface area contributed by atoms with E-state index in [1.807, 2.05) is 6.07 Å². The van der Waals surface area contributed by atoms with Crippen LogP contribution in [0.4, 0.5) is 0 Å². The maximum absolute atomic E-state index is 11.7. The van der Waals surface area contributed by atoms with Crippen molar-refractivity contribution >= 4 is 17.2 Å². The molecule has 0 fully saturated rings. The largest absolute Gasteiger partial charge is 0.372 e. The monoisotopic (exact) mass is 215 g/mol. The van der Waals surface area contributed by atoms with Crippen molar-refractivity contribution < 1.29 is 9.53 Å². The summed E-state index contributed by atoms with van der Waals surface area (Å²) >= 11 is 0. The fraction of sp³-hybridized carbons (Fsp3) is 0.167. The molecule has 1 aliphatic rings. The fourth-order valence-corrected chi connectivity index (χ4v) is 2.07. The number of aromatic nitrogens is 1. The second-order valence-electron chi connectivity index (χ2n) is 3.83. The van der Waals surface area contributed by atoms with Crippen LogP contribution in [-0.4, -0.2) is 11.3 Å². The normalized spacial score (nSPS) is 14.0. The Morgan fingerprint density at radius 1 is 1.25 bits per heavy atom. The number of aromatic amines is 1. The van der Waals surface area contributed by atoms with E-state index in [9.17, 15) is 9.59 Å². The number of H-pyrrole nitrogens is 1. The summed E-state index contributed by atoms with van der Waals surface area (Å²) in [5.74, 6) is 0. The molecule has 16 heavy (non-hydrogen) atoms. The molecule has 0 spiro atoms. The number of pyridine rings is 1. The Morgan fingerprint density at radius 3 is 2.88 bits per heavy atom. The van der Waals surface area contributed by atoms with Crippen molar-refractivity contribution in [1.82, 2.24) is 4.98 Å². The Kier molecular flexibility index (Phi) is 1.91. The molecule has 1 aromatic heterocycles. The average molecular weight is 215 g/mol. The van der Waals surface area contributed by atoms with Crippen molar-refractivity contribution in [2.75, 3.05) is 0 Å². The summed E-state index contributed by atoms with van der Waals surface area (Å²) in [5, 5.41) is 0.956. The van der Waals surface area contributed by atoms with Crippen molar-refractivity contribution in [1.29, 1.82) is 0 Å². The van der Waals surface area contributed by atoms with Crippen LogP contribution >= 0.6 is 0 Å². The van der Waals surface area contributed by atoms with E-state index in [2.05, 4.69) is 4.98 Å². The SMILES string of the molecule is O=Cc1ccc2c3c(c(=O)[nH]c2c1)COC3. The molecule has 0 amide bonds. The van der Waals surface area contributed by atoms with Gasteiger partial charge in [0.05, 0.1) is 13.2 Å². The van der Waals surface area contributed by atoms with Gasteiger partial charge in [0.1, 0.15) is 6.29 Å². The van der Waals surface area contributed by atoms with Crippen LogP contribution in [0.1, 0.15) is 21.5 Å². The van der Waals surface area contributed by atoms with E-state index < -0.39 is 0 Å². The summed E-state index contributed by atoms with van der Waals surface area (Å²) in [6.07, 6.45) is 0.765. The van der Waals surface area contributed by atoms with Gasteiger partial charge >= 0.3 is 0 Å². The van der Waals surface area contributed by atoms with E-state index in [0.29, 0.717) is 29.9 Å².